The number of alkyl halides is 1. The van der Waals surface area contributed by atoms with Gasteiger partial charge in [0.2, 0.25) is 0 Å². The van der Waals surface area contributed by atoms with Crippen molar-refractivity contribution in [2.24, 2.45) is 0 Å². The number of aromatic nitrogens is 2. The van der Waals surface area contributed by atoms with Gasteiger partial charge in [-0.3, -0.25) is 0 Å². The van der Waals surface area contributed by atoms with Crippen LogP contribution in [0.15, 0.2) is 30.5 Å². The highest BCUT2D eigenvalue weighted by Gasteiger charge is 2.05. The van der Waals surface area contributed by atoms with Gasteiger partial charge in [-0.25, -0.2) is 14.4 Å². The van der Waals surface area contributed by atoms with Gasteiger partial charge < -0.3 is 0 Å². The van der Waals surface area contributed by atoms with Crippen LogP contribution in [0.1, 0.15) is 5.82 Å². The minimum absolute atomic E-state index is 0.0727. The highest BCUT2D eigenvalue weighted by atomic mass is 35.5. The van der Waals surface area contributed by atoms with Gasteiger partial charge in [-0.15, -0.1) is 11.6 Å². The third-order valence-electron chi connectivity index (χ3n) is 2.04. The third kappa shape index (κ3) is 2.31. The summed E-state index contributed by atoms with van der Waals surface area (Å²) in [5.41, 5.74) is 1.41. The molecule has 0 bridgehead atoms. The molecule has 82 valence electrons. The van der Waals surface area contributed by atoms with E-state index < -0.39 is 5.82 Å². The first-order chi connectivity index (χ1) is 7.70. The van der Waals surface area contributed by atoms with Gasteiger partial charge in [0.1, 0.15) is 11.6 Å². The Morgan fingerprint density at radius 2 is 2.06 bits per heavy atom. The minimum Gasteiger partial charge on any atom is -0.240 e. The van der Waals surface area contributed by atoms with Crippen molar-refractivity contribution in [3.05, 3.63) is 47.1 Å². The SMILES string of the molecule is Fc1ccc(-c2ccnc(CCl)n2)cc1Cl. The van der Waals surface area contributed by atoms with E-state index in [1.807, 2.05) is 0 Å². The van der Waals surface area contributed by atoms with Crippen molar-refractivity contribution in [1.29, 1.82) is 0 Å². The summed E-state index contributed by atoms with van der Waals surface area (Å²) in [4.78, 5) is 8.18. The zero-order valence-electron chi connectivity index (χ0n) is 8.12. The molecule has 1 heterocycles. The van der Waals surface area contributed by atoms with Crippen molar-refractivity contribution in [3.8, 4) is 11.3 Å². The van der Waals surface area contributed by atoms with E-state index in [4.69, 9.17) is 23.2 Å². The quantitative estimate of drug-likeness (QED) is 0.767. The molecule has 0 saturated heterocycles. The lowest BCUT2D eigenvalue weighted by Crippen LogP contribution is -1.93. The van der Waals surface area contributed by atoms with E-state index in [0.717, 1.165) is 5.56 Å². The van der Waals surface area contributed by atoms with Gasteiger partial charge in [0.25, 0.3) is 0 Å². The van der Waals surface area contributed by atoms with Gasteiger partial charge >= 0.3 is 0 Å². The van der Waals surface area contributed by atoms with Crippen LogP contribution in [0.25, 0.3) is 11.3 Å². The fraction of sp³-hybridized carbons (Fsp3) is 0.0909. The van der Waals surface area contributed by atoms with Crippen molar-refractivity contribution in [2.75, 3.05) is 0 Å². The molecule has 0 N–H and O–H groups in total. The van der Waals surface area contributed by atoms with E-state index in [1.165, 1.54) is 12.1 Å². The zero-order valence-corrected chi connectivity index (χ0v) is 9.63. The molecule has 0 aliphatic rings. The summed E-state index contributed by atoms with van der Waals surface area (Å²) in [6.07, 6.45) is 1.61. The van der Waals surface area contributed by atoms with E-state index in [-0.39, 0.29) is 10.9 Å². The summed E-state index contributed by atoms with van der Waals surface area (Å²) in [6, 6.07) is 6.17. The van der Waals surface area contributed by atoms with E-state index in [9.17, 15) is 4.39 Å². The maximum atomic E-state index is 13.0. The van der Waals surface area contributed by atoms with E-state index >= 15 is 0 Å². The molecule has 0 radical (unpaired) electrons. The Balaban J connectivity index is 2.46. The van der Waals surface area contributed by atoms with Crippen LogP contribution in [0.2, 0.25) is 5.02 Å². The summed E-state index contributed by atoms with van der Waals surface area (Å²) in [5.74, 6) is 0.319. The number of hydrogen-bond donors (Lipinski definition) is 0. The van der Waals surface area contributed by atoms with Crippen LogP contribution in [-0.2, 0) is 5.88 Å². The van der Waals surface area contributed by atoms with Crippen molar-refractivity contribution in [3.63, 3.8) is 0 Å². The first-order valence-electron chi connectivity index (χ1n) is 4.54. The normalized spacial score (nSPS) is 10.4. The van der Waals surface area contributed by atoms with Crippen LogP contribution in [-0.4, -0.2) is 9.97 Å². The van der Waals surface area contributed by atoms with E-state index in [2.05, 4.69) is 9.97 Å². The van der Waals surface area contributed by atoms with Gasteiger partial charge in [0.05, 0.1) is 16.6 Å². The summed E-state index contributed by atoms with van der Waals surface area (Å²) in [6.45, 7) is 0. The Morgan fingerprint density at radius 1 is 1.25 bits per heavy atom. The summed E-state index contributed by atoms with van der Waals surface area (Å²) in [7, 11) is 0. The van der Waals surface area contributed by atoms with Gasteiger partial charge in [-0.1, -0.05) is 11.6 Å². The second-order valence-electron chi connectivity index (χ2n) is 3.12. The molecule has 0 atom stereocenters. The summed E-state index contributed by atoms with van der Waals surface area (Å²) in [5, 5.41) is 0.0727. The lowest BCUT2D eigenvalue weighted by Gasteiger charge is -2.03. The summed E-state index contributed by atoms with van der Waals surface area (Å²) >= 11 is 11.3. The monoisotopic (exact) mass is 256 g/mol. The Morgan fingerprint density at radius 3 is 2.75 bits per heavy atom. The van der Waals surface area contributed by atoms with Crippen LogP contribution in [0.5, 0.6) is 0 Å². The molecule has 2 nitrogen and oxygen atoms in total. The predicted molar refractivity (Wildman–Crippen MR) is 62.0 cm³/mol. The highest BCUT2D eigenvalue weighted by Crippen LogP contribution is 2.23. The van der Waals surface area contributed by atoms with Crippen LogP contribution in [0.4, 0.5) is 4.39 Å². The van der Waals surface area contributed by atoms with E-state index in [1.54, 1.807) is 18.3 Å². The van der Waals surface area contributed by atoms with Crippen molar-refractivity contribution in [1.82, 2.24) is 9.97 Å². The van der Waals surface area contributed by atoms with Gasteiger partial charge in [-0.05, 0) is 24.3 Å². The van der Waals surface area contributed by atoms with Crippen molar-refractivity contribution < 1.29 is 4.39 Å². The average molecular weight is 257 g/mol. The standard InChI is InChI=1S/C11H7Cl2FN2/c12-6-11-15-4-3-10(16-11)7-1-2-9(14)8(13)5-7/h1-5H,6H2. The first kappa shape index (κ1) is 11.3. The van der Waals surface area contributed by atoms with Gasteiger partial charge in [-0.2, -0.15) is 0 Å². The summed E-state index contributed by atoms with van der Waals surface area (Å²) < 4.78 is 13.0. The van der Waals surface area contributed by atoms with E-state index in [0.29, 0.717) is 11.5 Å². The number of benzene rings is 1. The zero-order chi connectivity index (χ0) is 11.5. The average Bonchev–Trinajstić information content (AvgIpc) is 2.33. The lowest BCUT2D eigenvalue weighted by atomic mass is 10.1. The molecule has 0 spiro atoms. The second kappa shape index (κ2) is 4.76. The molecule has 2 aromatic rings. The minimum atomic E-state index is -0.447. The first-order valence-corrected chi connectivity index (χ1v) is 5.45. The molecular formula is C11H7Cl2FN2. The van der Waals surface area contributed by atoms with Crippen LogP contribution >= 0.6 is 23.2 Å². The highest BCUT2D eigenvalue weighted by molar-refractivity contribution is 6.31. The smallest absolute Gasteiger partial charge is 0.143 e. The lowest BCUT2D eigenvalue weighted by molar-refractivity contribution is 0.628. The molecule has 0 aliphatic carbocycles. The Labute approximate surface area is 102 Å². The molecule has 16 heavy (non-hydrogen) atoms. The third-order valence-corrected chi connectivity index (χ3v) is 2.57. The molecule has 0 amide bonds. The molecule has 1 aromatic carbocycles. The molecule has 0 fully saturated rings. The molecule has 0 aliphatic heterocycles. The fourth-order valence-corrected chi connectivity index (χ4v) is 1.59. The van der Waals surface area contributed by atoms with Gasteiger partial charge in [0.15, 0.2) is 0 Å². The number of rotatable bonds is 2. The molecule has 1 aromatic heterocycles. The largest absolute Gasteiger partial charge is 0.240 e. The fourth-order valence-electron chi connectivity index (χ4n) is 1.28. The topological polar surface area (TPSA) is 25.8 Å². The Hall–Kier alpha value is -1.19. The Bertz CT molecular complexity index is 517. The molecule has 0 saturated carbocycles. The van der Waals surface area contributed by atoms with Crippen LogP contribution < -0.4 is 0 Å². The molecular weight excluding hydrogens is 250 g/mol. The number of hydrogen-bond acceptors (Lipinski definition) is 2. The maximum Gasteiger partial charge on any atom is 0.143 e. The molecule has 5 heteroatoms. The van der Waals surface area contributed by atoms with Gasteiger partial charge in [0, 0.05) is 11.8 Å². The Kier molecular flexibility index (Phi) is 3.36. The molecule has 2 rings (SSSR count). The predicted octanol–water partition coefficient (Wildman–Crippen LogP) is 3.67. The number of nitrogens with zero attached hydrogens (tertiary/aromatic N) is 2. The number of halogens is 3. The molecule has 0 unspecified atom stereocenters. The van der Waals surface area contributed by atoms with Crippen LogP contribution in [0.3, 0.4) is 0 Å². The maximum absolute atomic E-state index is 13.0. The second-order valence-corrected chi connectivity index (χ2v) is 3.80. The van der Waals surface area contributed by atoms with Crippen molar-refractivity contribution in [2.45, 2.75) is 5.88 Å². The van der Waals surface area contributed by atoms with Crippen LogP contribution in [0, 0.1) is 5.82 Å². The van der Waals surface area contributed by atoms with Crippen molar-refractivity contribution >= 4 is 23.2 Å².